The van der Waals surface area contributed by atoms with Crippen LogP contribution >= 0.6 is 0 Å². The number of methoxy groups -OCH3 is 1. The lowest BCUT2D eigenvalue weighted by molar-refractivity contribution is -0.118. The van der Waals surface area contributed by atoms with Crippen LogP contribution in [-0.2, 0) is 17.6 Å². The number of carbonyl (C=O) groups excluding carboxylic acids is 1. The minimum Gasteiger partial charge on any atom is -0.508 e. The average molecular weight is 386 g/mol. The molecule has 1 aliphatic heterocycles. The van der Waals surface area contributed by atoms with Crippen LogP contribution in [-0.4, -0.2) is 41.6 Å². The third-order valence-electron chi connectivity index (χ3n) is 4.55. The first-order chi connectivity index (χ1) is 13.3. The molecule has 0 aromatic heterocycles. The maximum Gasteiger partial charge on any atom is 0.262 e. The van der Waals surface area contributed by atoms with Crippen LogP contribution in [0.5, 0.6) is 17.2 Å². The predicted octanol–water partition coefficient (Wildman–Crippen LogP) is 2.20. The van der Waals surface area contributed by atoms with Crippen LogP contribution in [0, 0.1) is 0 Å². The smallest absolute Gasteiger partial charge is 0.262 e. The highest BCUT2D eigenvalue weighted by atomic mass is 16.5. The second kappa shape index (κ2) is 8.08. The molecule has 7 heteroatoms. The van der Waals surface area contributed by atoms with Crippen LogP contribution in [0.3, 0.4) is 0 Å². The highest BCUT2D eigenvalue weighted by Crippen LogP contribution is 2.36. The molecule has 2 aromatic rings. The van der Waals surface area contributed by atoms with E-state index in [0.29, 0.717) is 23.4 Å². The summed E-state index contributed by atoms with van der Waals surface area (Å²) in [6, 6.07) is 10.8. The molecule has 0 spiro atoms. The van der Waals surface area contributed by atoms with Crippen molar-refractivity contribution in [2.45, 2.75) is 38.5 Å². The molecule has 3 rings (SSSR count). The Bertz CT molecular complexity index is 849. The molecule has 0 saturated heterocycles. The molecule has 0 radical (unpaired) electrons. The van der Waals surface area contributed by atoms with Gasteiger partial charge in [0.2, 0.25) is 0 Å². The quantitative estimate of drug-likeness (QED) is 0.545. The standard InChI is InChI=1S/C21H26N2O5/c1-21(2,11-13-4-6-16(27-3)7-5-13)23-18(25)9-14-8-15(24)10-17-20(14)28-12-19(26)22-17/h4-8,10,18,23-25H,9,11-12H2,1-3H3,(H,22,26). The van der Waals surface area contributed by atoms with Gasteiger partial charge in [0.15, 0.2) is 6.61 Å². The van der Waals surface area contributed by atoms with Crippen molar-refractivity contribution in [3.8, 4) is 17.2 Å². The summed E-state index contributed by atoms with van der Waals surface area (Å²) in [7, 11) is 1.63. The maximum atomic E-state index is 11.5. The number of hydrogen-bond donors (Lipinski definition) is 4. The van der Waals surface area contributed by atoms with E-state index in [-0.39, 0.29) is 30.2 Å². The Morgan fingerprint density at radius 1 is 1.29 bits per heavy atom. The summed E-state index contributed by atoms with van der Waals surface area (Å²) in [5.74, 6) is 1.01. The number of aliphatic hydroxyl groups is 1. The Kier molecular flexibility index (Phi) is 5.76. The van der Waals surface area contributed by atoms with Crippen molar-refractivity contribution in [2.75, 3.05) is 19.0 Å². The SMILES string of the molecule is COc1ccc(CC(C)(C)NC(O)Cc2cc(O)cc3c2OCC(=O)N3)cc1. The monoisotopic (exact) mass is 386 g/mol. The zero-order valence-corrected chi connectivity index (χ0v) is 16.3. The molecule has 1 unspecified atom stereocenters. The van der Waals surface area contributed by atoms with Crippen LogP contribution in [0.25, 0.3) is 0 Å². The van der Waals surface area contributed by atoms with E-state index in [2.05, 4.69) is 10.6 Å². The van der Waals surface area contributed by atoms with Crippen molar-refractivity contribution < 1.29 is 24.5 Å². The second-order valence-corrected chi connectivity index (χ2v) is 7.59. The highest BCUT2D eigenvalue weighted by molar-refractivity contribution is 5.96. The molecule has 4 N–H and O–H groups in total. The van der Waals surface area contributed by atoms with E-state index in [1.165, 1.54) is 12.1 Å². The molecule has 150 valence electrons. The molecule has 28 heavy (non-hydrogen) atoms. The predicted molar refractivity (Wildman–Crippen MR) is 106 cm³/mol. The number of phenolic OH excluding ortho intramolecular Hbond substituents is 1. The Morgan fingerprint density at radius 3 is 2.68 bits per heavy atom. The summed E-state index contributed by atoms with van der Waals surface area (Å²) in [5.41, 5.74) is 1.78. The van der Waals surface area contributed by atoms with Gasteiger partial charge in [0.25, 0.3) is 5.91 Å². The molecule has 1 heterocycles. The molecular weight excluding hydrogens is 360 g/mol. The number of benzene rings is 2. The molecule has 0 bridgehead atoms. The van der Waals surface area contributed by atoms with E-state index in [1.54, 1.807) is 7.11 Å². The van der Waals surface area contributed by atoms with Crippen molar-refractivity contribution in [1.29, 1.82) is 0 Å². The van der Waals surface area contributed by atoms with Gasteiger partial charge < -0.3 is 25.0 Å². The van der Waals surface area contributed by atoms with E-state index < -0.39 is 6.23 Å². The number of aliphatic hydroxyl groups excluding tert-OH is 1. The Balaban J connectivity index is 1.67. The normalized spacial score (nSPS) is 14.6. The number of fused-ring (bicyclic) bond motifs is 1. The number of carbonyl (C=O) groups is 1. The number of phenols is 1. The number of amides is 1. The minimum atomic E-state index is -0.861. The number of rotatable bonds is 7. The van der Waals surface area contributed by atoms with E-state index >= 15 is 0 Å². The van der Waals surface area contributed by atoms with Crippen LogP contribution < -0.4 is 20.1 Å². The molecule has 1 atom stereocenters. The Labute approximate surface area is 164 Å². The third kappa shape index (κ3) is 4.94. The lowest BCUT2D eigenvalue weighted by atomic mass is 9.94. The van der Waals surface area contributed by atoms with E-state index in [1.807, 2.05) is 38.1 Å². The first-order valence-electron chi connectivity index (χ1n) is 9.13. The van der Waals surface area contributed by atoms with Gasteiger partial charge in [0, 0.05) is 23.6 Å². The van der Waals surface area contributed by atoms with Crippen LogP contribution in [0.2, 0.25) is 0 Å². The summed E-state index contributed by atoms with van der Waals surface area (Å²) >= 11 is 0. The largest absolute Gasteiger partial charge is 0.508 e. The molecule has 1 aliphatic rings. The van der Waals surface area contributed by atoms with Gasteiger partial charge in [-0.2, -0.15) is 0 Å². The molecule has 7 nitrogen and oxygen atoms in total. The third-order valence-corrected chi connectivity index (χ3v) is 4.55. The number of ether oxygens (including phenoxy) is 2. The zero-order valence-electron chi connectivity index (χ0n) is 16.3. The van der Waals surface area contributed by atoms with Crippen molar-refractivity contribution in [3.63, 3.8) is 0 Å². The topological polar surface area (TPSA) is 100 Å². The lowest BCUT2D eigenvalue weighted by Crippen LogP contribution is -2.48. The maximum absolute atomic E-state index is 11.5. The van der Waals surface area contributed by atoms with E-state index in [4.69, 9.17) is 9.47 Å². The van der Waals surface area contributed by atoms with Gasteiger partial charge in [0.05, 0.1) is 12.8 Å². The number of anilines is 1. The Hall–Kier alpha value is -2.77. The van der Waals surface area contributed by atoms with Crippen LogP contribution in [0.15, 0.2) is 36.4 Å². The first kappa shape index (κ1) is 20.0. The van der Waals surface area contributed by atoms with Crippen molar-refractivity contribution in [2.24, 2.45) is 0 Å². The van der Waals surface area contributed by atoms with Gasteiger partial charge >= 0.3 is 0 Å². The van der Waals surface area contributed by atoms with Crippen molar-refractivity contribution >= 4 is 11.6 Å². The number of aromatic hydroxyl groups is 1. The van der Waals surface area contributed by atoms with Crippen LogP contribution in [0.4, 0.5) is 5.69 Å². The summed E-state index contributed by atoms with van der Waals surface area (Å²) in [6.07, 6.45) is 0.0672. The van der Waals surface area contributed by atoms with Gasteiger partial charge in [-0.25, -0.2) is 0 Å². The fourth-order valence-electron chi connectivity index (χ4n) is 3.43. The van der Waals surface area contributed by atoms with Gasteiger partial charge in [0.1, 0.15) is 23.5 Å². The minimum absolute atomic E-state index is 0.00393. The van der Waals surface area contributed by atoms with E-state index in [9.17, 15) is 15.0 Å². The van der Waals surface area contributed by atoms with Crippen molar-refractivity contribution in [1.82, 2.24) is 5.32 Å². The number of nitrogens with one attached hydrogen (secondary N) is 2. The number of hydrogen-bond acceptors (Lipinski definition) is 6. The molecule has 0 aliphatic carbocycles. The molecule has 2 aromatic carbocycles. The fraction of sp³-hybridized carbons (Fsp3) is 0.381. The Morgan fingerprint density at radius 2 is 2.00 bits per heavy atom. The zero-order chi connectivity index (χ0) is 20.3. The average Bonchev–Trinajstić information content (AvgIpc) is 2.60. The summed E-state index contributed by atoms with van der Waals surface area (Å²) in [5, 5.41) is 26.4. The van der Waals surface area contributed by atoms with Gasteiger partial charge in [-0.1, -0.05) is 12.1 Å². The molecule has 0 fully saturated rings. The summed E-state index contributed by atoms with van der Waals surface area (Å²) in [4.78, 5) is 11.5. The van der Waals surface area contributed by atoms with Gasteiger partial charge in [-0.15, -0.1) is 0 Å². The lowest BCUT2D eigenvalue weighted by Gasteiger charge is -2.30. The first-order valence-corrected chi connectivity index (χ1v) is 9.13. The van der Waals surface area contributed by atoms with Crippen molar-refractivity contribution in [3.05, 3.63) is 47.5 Å². The second-order valence-electron chi connectivity index (χ2n) is 7.59. The molecular formula is C21H26N2O5. The fourth-order valence-corrected chi connectivity index (χ4v) is 3.43. The van der Waals surface area contributed by atoms with Gasteiger partial charge in [-0.3, -0.25) is 10.1 Å². The summed E-state index contributed by atoms with van der Waals surface area (Å²) < 4.78 is 10.7. The van der Waals surface area contributed by atoms with E-state index in [0.717, 1.165) is 11.3 Å². The molecule has 0 saturated carbocycles. The highest BCUT2D eigenvalue weighted by Gasteiger charge is 2.25. The van der Waals surface area contributed by atoms with Crippen LogP contribution in [0.1, 0.15) is 25.0 Å². The summed E-state index contributed by atoms with van der Waals surface area (Å²) in [6.45, 7) is 3.93. The molecule has 1 amide bonds. The van der Waals surface area contributed by atoms with Gasteiger partial charge in [-0.05, 0) is 44.0 Å².